The molecule has 0 radical (unpaired) electrons. The van der Waals surface area contributed by atoms with Gasteiger partial charge in [-0.15, -0.1) is 0 Å². The van der Waals surface area contributed by atoms with Gasteiger partial charge in [-0.05, 0) is 37.8 Å². The monoisotopic (exact) mass is 359 g/mol. The van der Waals surface area contributed by atoms with E-state index in [0.717, 1.165) is 51.9 Å². The third-order valence-corrected chi connectivity index (χ3v) is 6.04. The van der Waals surface area contributed by atoms with Crippen LogP contribution in [0, 0.1) is 5.41 Å². The maximum atomic E-state index is 12.4. The van der Waals surface area contributed by atoms with Crippen molar-refractivity contribution in [1.29, 1.82) is 0 Å². The maximum Gasteiger partial charge on any atom is 0.289 e. The van der Waals surface area contributed by atoms with Crippen molar-refractivity contribution in [3.05, 3.63) is 24.2 Å². The molecule has 3 saturated heterocycles. The maximum absolute atomic E-state index is 12.4. The number of likely N-dealkylation sites (tertiary alicyclic amines) is 2. The third-order valence-electron chi connectivity index (χ3n) is 6.04. The second-order valence-corrected chi connectivity index (χ2v) is 7.86. The lowest BCUT2D eigenvalue weighted by Gasteiger charge is -2.53. The lowest BCUT2D eigenvalue weighted by molar-refractivity contribution is -0.136. The van der Waals surface area contributed by atoms with E-state index in [2.05, 4.69) is 5.32 Å². The lowest BCUT2D eigenvalue weighted by Crippen LogP contribution is -2.62. The Morgan fingerprint density at radius 2 is 2.00 bits per heavy atom. The molecule has 3 aliphatic rings. The first kappa shape index (κ1) is 17.1. The van der Waals surface area contributed by atoms with Crippen molar-refractivity contribution >= 4 is 17.7 Å². The highest BCUT2D eigenvalue weighted by Crippen LogP contribution is 2.41. The summed E-state index contributed by atoms with van der Waals surface area (Å²) in [6.45, 7) is 3.03. The quantitative estimate of drug-likeness (QED) is 0.881. The first-order chi connectivity index (χ1) is 12.5. The van der Waals surface area contributed by atoms with Crippen LogP contribution in [0.5, 0.6) is 0 Å². The Kier molecular flexibility index (Phi) is 4.46. The molecule has 1 unspecified atom stereocenters. The van der Waals surface area contributed by atoms with Gasteiger partial charge in [0.05, 0.1) is 6.26 Å². The van der Waals surface area contributed by atoms with E-state index in [0.29, 0.717) is 18.6 Å². The lowest BCUT2D eigenvalue weighted by atomic mass is 9.72. The van der Waals surface area contributed by atoms with Crippen molar-refractivity contribution < 1.29 is 18.8 Å². The molecular formula is C19H25N3O4. The highest BCUT2D eigenvalue weighted by atomic mass is 16.3. The fraction of sp³-hybridized carbons (Fsp3) is 0.632. The minimum atomic E-state index is -0.0438. The molecule has 1 spiro atoms. The standard InChI is InChI=1S/C19H25N3O4/c23-16-5-3-14(20-16)4-6-17(24)21-9-7-19(8-10-21)12-22(13-19)18(25)15-2-1-11-26-15/h1-2,11,14H,3-10,12-13H2,(H,20,23). The summed E-state index contributed by atoms with van der Waals surface area (Å²) >= 11 is 0. The summed E-state index contributed by atoms with van der Waals surface area (Å²) in [4.78, 5) is 39.7. The number of rotatable bonds is 4. The zero-order valence-electron chi connectivity index (χ0n) is 14.9. The molecule has 0 saturated carbocycles. The summed E-state index contributed by atoms with van der Waals surface area (Å²) in [5, 5.41) is 2.92. The van der Waals surface area contributed by atoms with Crippen LogP contribution in [-0.2, 0) is 9.59 Å². The largest absolute Gasteiger partial charge is 0.459 e. The smallest absolute Gasteiger partial charge is 0.289 e. The van der Waals surface area contributed by atoms with Crippen molar-refractivity contribution in [2.24, 2.45) is 5.41 Å². The van der Waals surface area contributed by atoms with Gasteiger partial charge in [-0.1, -0.05) is 0 Å². The summed E-state index contributed by atoms with van der Waals surface area (Å²) < 4.78 is 5.18. The van der Waals surface area contributed by atoms with Crippen LogP contribution < -0.4 is 5.32 Å². The van der Waals surface area contributed by atoms with Gasteiger partial charge in [0.1, 0.15) is 0 Å². The number of amides is 3. The Bertz CT molecular complexity index is 684. The zero-order chi connectivity index (χ0) is 18.1. The van der Waals surface area contributed by atoms with Crippen molar-refractivity contribution in [3.8, 4) is 0 Å². The van der Waals surface area contributed by atoms with Crippen LogP contribution in [0.4, 0.5) is 0 Å². The number of carbonyl (C=O) groups is 3. The van der Waals surface area contributed by atoms with E-state index in [-0.39, 0.29) is 29.2 Å². The van der Waals surface area contributed by atoms with Crippen LogP contribution in [0.2, 0.25) is 0 Å². The first-order valence-electron chi connectivity index (χ1n) is 9.45. The van der Waals surface area contributed by atoms with Gasteiger partial charge in [-0.2, -0.15) is 0 Å². The summed E-state index contributed by atoms with van der Waals surface area (Å²) in [6.07, 6.45) is 6.07. The number of hydrogen-bond donors (Lipinski definition) is 1. The molecule has 1 atom stereocenters. The molecule has 0 aromatic carbocycles. The summed E-state index contributed by atoms with van der Waals surface area (Å²) in [6, 6.07) is 3.58. The van der Waals surface area contributed by atoms with Crippen LogP contribution in [0.3, 0.4) is 0 Å². The second-order valence-electron chi connectivity index (χ2n) is 7.86. The number of nitrogens with one attached hydrogen (secondary N) is 1. The van der Waals surface area contributed by atoms with Crippen LogP contribution in [-0.4, -0.2) is 59.7 Å². The Balaban J connectivity index is 1.20. The Morgan fingerprint density at radius 3 is 2.62 bits per heavy atom. The van der Waals surface area contributed by atoms with E-state index in [1.807, 2.05) is 9.80 Å². The average Bonchev–Trinajstić information content (AvgIpc) is 3.29. The Labute approximate surface area is 152 Å². The first-order valence-corrected chi connectivity index (χ1v) is 9.45. The molecule has 4 heterocycles. The number of furan rings is 1. The molecule has 1 N–H and O–H groups in total. The summed E-state index contributed by atoms with van der Waals surface area (Å²) in [7, 11) is 0. The molecule has 3 fully saturated rings. The van der Waals surface area contributed by atoms with Crippen LogP contribution >= 0.6 is 0 Å². The van der Waals surface area contributed by atoms with Gasteiger partial charge in [0.25, 0.3) is 5.91 Å². The molecule has 7 nitrogen and oxygen atoms in total. The summed E-state index contributed by atoms with van der Waals surface area (Å²) in [5.41, 5.74) is 0.165. The third kappa shape index (κ3) is 3.34. The number of carbonyl (C=O) groups excluding carboxylic acids is 3. The van der Waals surface area contributed by atoms with Gasteiger partial charge in [0, 0.05) is 50.5 Å². The van der Waals surface area contributed by atoms with Gasteiger partial charge < -0.3 is 19.5 Å². The van der Waals surface area contributed by atoms with Crippen molar-refractivity contribution in [3.63, 3.8) is 0 Å². The Hall–Kier alpha value is -2.31. The topological polar surface area (TPSA) is 82.9 Å². The van der Waals surface area contributed by atoms with E-state index in [9.17, 15) is 14.4 Å². The second kappa shape index (κ2) is 6.78. The van der Waals surface area contributed by atoms with Crippen LogP contribution in [0.1, 0.15) is 49.1 Å². The molecule has 0 aliphatic carbocycles. The van der Waals surface area contributed by atoms with Gasteiger partial charge >= 0.3 is 0 Å². The predicted molar refractivity (Wildman–Crippen MR) is 93.3 cm³/mol. The highest BCUT2D eigenvalue weighted by molar-refractivity contribution is 5.92. The van der Waals surface area contributed by atoms with Crippen LogP contribution in [0.25, 0.3) is 0 Å². The zero-order valence-corrected chi connectivity index (χ0v) is 14.9. The number of piperidine rings is 1. The minimum Gasteiger partial charge on any atom is -0.459 e. The molecule has 3 amide bonds. The molecule has 1 aromatic rings. The van der Waals surface area contributed by atoms with Crippen molar-refractivity contribution in [2.45, 2.75) is 44.6 Å². The molecule has 140 valence electrons. The van der Waals surface area contributed by atoms with Gasteiger partial charge in [0.2, 0.25) is 11.8 Å². The average molecular weight is 359 g/mol. The van der Waals surface area contributed by atoms with Crippen molar-refractivity contribution in [1.82, 2.24) is 15.1 Å². The molecule has 4 rings (SSSR count). The normalized spacial score (nSPS) is 24.5. The van der Waals surface area contributed by atoms with E-state index in [1.54, 1.807) is 12.1 Å². The molecule has 1 aromatic heterocycles. The van der Waals surface area contributed by atoms with Crippen molar-refractivity contribution in [2.75, 3.05) is 26.2 Å². The highest BCUT2D eigenvalue weighted by Gasteiger charge is 2.47. The molecular weight excluding hydrogens is 334 g/mol. The molecule has 0 bridgehead atoms. The Morgan fingerprint density at radius 1 is 1.23 bits per heavy atom. The van der Waals surface area contributed by atoms with E-state index in [1.165, 1.54) is 6.26 Å². The summed E-state index contributed by atoms with van der Waals surface area (Å²) in [5.74, 6) is 0.633. The van der Waals surface area contributed by atoms with Crippen LogP contribution in [0.15, 0.2) is 22.8 Å². The van der Waals surface area contributed by atoms with E-state index in [4.69, 9.17) is 4.42 Å². The van der Waals surface area contributed by atoms with Gasteiger partial charge in [-0.25, -0.2) is 0 Å². The number of nitrogens with zero attached hydrogens (tertiary/aromatic N) is 2. The SMILES string of the molecule is O=C1CCC(CCC(=O)N2CCC3(CC2)CN(C(=O)c2ccco2)C3)N1. The number of hydrogen-bond acceptors (Lipinski definition) is 4. The van der Waals surface area contributed by atoms with Gasteiger partial charge in [0.15, 0.2) is 5.76 Å². The minimum absolute atomic E-state index is 0.0438. The van der Waals surface area contributed by atoms with Gasteiger partial charge in [-0.3, -0.25) is 14.4 Å². The fourth-order valence-electron chi connectivity index (χ4n) is 4.36. The molecule has 3 aliphatic heterocycles. The molecule has 26 heavy (non-hydrogen) atoms. The van der Waals surface area contributed by atoms with E-state index >= 15 is 0 Å². The predicted octanol–water partition coefficient (Wildman–Crippen LogP) is 1.40. The molecule has 7 heteroatoms. The fourth-order valence-corrected chi connectivity index (χ4v) is 4.36. The van der Waals surface area contributed by atoms with E-state index < -0.39 is 0 Å².